The van der Waals surface area contributed by atoms with Crippen LogP contribution in [-0.4, -0.2) is 8.42 Å². The second-order valence-electron chi connectivity index (χ2n) is 2.44. The fourth-order valence-corrected chi connectivity index (χ4v) is 1.91. The van der Waals surface area contributed by atoms with Crippen LogP contribution in [0.1, 0.15) is 0 Å². The van der Waals surface area contributed by atoms with Gasteiger partial charge in [0.15, 0.2) is 0 Å². The molecule has 7 heteroatoms. The Kier molecular flexibility index (Phi) is 3.00. The lowest BCUT2D eigenvalue weighted by Crippen LogP contribution is -2.12. The Morgan fingerprint density at radius 3 is 2.57 bits per heavy atom. The Morgan fingerprint density at radius 2 is 2.07 bits per heavy atom. The first-order valence-corrected chi connectivity index (χ1v) is 5.79. The summed E-state index contributed by atoms with van der Waals surface area (Å²) in [5.41, 5.74) is 5.86. The van der Waals surface area contributed by atoms with Crippen LogP contribution >= 0.6 is 11.8 Å². The summed E-state index contributed by atoms with van der Waals surface area (Å²) in [6.45, 7) is 0. The van der Waals surface area contributed by atoms with Crippen LogP contribution in [0.2, 0.25) is 0 Å². The monoisotopic (exact) mass is 229 g/mol. The van der Waals surface area contributed by atoms with Gasteiger partial charge in [-0.25, -0.2) is 13.6 Å². The molecule has 0 aliphatic heterocycles. The number of anilines is 1. The van der Waals surface area contributed by atoms with Crippen LogP contribution in [0.25, 0.3) is 0 Å². The highest BCUT2D eigenvalue weighted by Crippen LogP contribution is 2.26. The van der Waals surface area contributed by atoms with Crippen LogP contribution in [0.4, 0.5) is 5.69 Å². The van der Waals surface area contributed by atoms with Gasteiger partial charge in [-0.2, -0.15) is 5.26 Å². The quantitative estimate of drug-likeness (QED) is 0.435. The van der Waals surface area contributed by atoms with Gasteiger partial charge in [0.25, 0.3) is 0 Å². The largest absolute Gasteiger partial charge is 0.398 e. The maximum atomic E-state index is 10.9. The van der Waals surface area contributed by atoms with Gasteiger partial charge in [0.1, 0.15) is 5.40 Å². The van der Waals surface area contributed by atoms with E-state index >= 15 is 0 Å². The molecule has 0 radical (unpaired) electrons. The Hall–Kier alpha value is -1.23. The molecule has 0 fully saturated rings. The van der Waals surface area contributed by atoms with E-state index in [9.17, 15) is 8.42 Å². The molecule has 0 atom stereocenters. The maximum absolute atomic E-state index is 10.9. The number of thiocyanates is 1. The minimum Gasteiger partial charge on any atom is -0.398 e. The van der Waals surface area contributed by atoms with Gasteiger partial charge >= 0.3 is 0 Å². The molecule has 0 amide bonds. The molecule has 1 aromatic rings. The molecule has 0 saturated heterocycles. The van der Waals surface area contributed by atoms with Crippen molar-refractivity contribution in [3.63, 3.8) is 0 Å². The van der Waals surface area contributed by atoms with E-state index in [0.717, 1.165) is 11.8 Å². The molecule has 1 rings (SSSR count). The summed E-state index contributed by atoms with van der Waals surface area (Å²) in [5.74, 6) is 0. The van der Waals surface area contributed by atoms with Gasteiger partial charge in [-0.1, -0.05) is 0 Å². The van der Waals surface area contributed by atoms with Crippen molar-refractivity contribution in [1.82, 2.24) is 0 Å². The Balaban J connectivity index is 3.28. The van der Waals surface area contributed by atoms with Crippen molar-refractivity contribution in [3.8, 4) is 5.40 Å². The zero-order valence-electron chi connectivity index (χ0n) is 6.97. The number of hydrogen-bond acceptors (Lipinski definition) is 5. The van der Waals surface area contributed by atoms with Crippen molar-refractivity contribution >= 4 is 27.5 Å². The number of nitriles is 1. The van der Waals surface area contributed by atoms with Gasteiger partial charge in [0.2, 0.25) is 10.0 Å². The Labute approximate surface area is 85.8 Å². The summed E-state index contributed by atoms with van der Waals surface area (Å²) < 4.78 is 21.9. The SMILES string of the molecule is N#CSc1cc(S(N)(=O)=O)ccc1N. The molecule has 0 saturated carbocycles. The lowest BCUT2D eigenvalue weighted by atomic mass is 10.3. The second kappa shape index (κ2) is 3.88. The predicted octanol–water partition coefficient (Wildman–Crippen LogP) is 0.489. The smallest absolute Gasteiger partial charge is 0.238 e. The highest BCUT2D eigenvalue weighted by Gasteiger charge is 2.10. The highest BCUT2D eigenvalue weighted by atomic mass is 32.2. The fourth-order valence-electron chi connectivity index (χ4n) is 0.829. The van der Waals surface area contributed by atoms with Gasteiger partial charge in [-0.05, 0) is 30.0 Å². The van der Waals surface area contributed by atoms with Crippen LogP contribution in [-0.2, 0) is 10.0 Å². The first-order chi connectivity index (χ1) is 6.45. The van der Waals surface area contributed by atoms with Gasteiger partial charge in [0.05, 0.1) is 4.90 Å². The average molecular weight is 229 g/mol. The lowest BCUT2D eigenvalue weighted by Gasteiger charge is -2.02. The second-order valence-corrected chi connectivity index (χ2v) is 4.83. The third-order valence-electron chi connectivity index (χ3n) is 1.47. The van der Waals surface area contributed by atoms with Crippen molar-refractivity contribution in [3.05, 3.63) is 18.2 Å². The molecular weight excluding hydrogens is 222 g/mol. The van der Waals surface area contributed by atoms with Crippen LogP contribution in [0.15, 0.2) is 28.0 Å². The summed E-state index contributed by atoms with van der Waals surface area (Å²) in [4.78, 5) is 0.337. The van der Waals surface area contributed by atoms with Gasteiger partial charge < -0.3 is 5.73 Å². The first kappa shape index (κ1) is 10.8. The third-order valence-corrected chi connectivity index (χ3v) is 3.04. The molecular formula is C7H7N3O2S2. The summed E-state index contributed by atoms with van der Waals surface area (Å²) in [6, 6.07) is 3.98. The molecule has 74 valence electrons. The Bertz CT molecular complexity index is 490. The lowest BCUT2D eigenvalue weighted by molar-refractivity contribution is 0.597. The van der Waals surface area contributed by atoms with Crippen molar-refractivity contribution < 1.29 is 8.42 Å². The van der Waals surface area contributed by atoms with Crippen LogP contribution in [0, 0.1) is 10.7 Å². The van der Waals surface area contributed by atoms with Crippen LogP contribution in [0.3, 0.4) is 0 Å². The van der Waals surface area contributed by atoms with Crippen molar-refractivity contribution in [2.75, 3.05) is 5.73 Å². The number of nitrogen functional groups attached to an aromatic ring is 1. The number of nitrogens with zero attached hydrogens (tertiary/aromatic N) is 1. The number of primary sulfonamides is 1. The van der Waals surface area contributed by atoms with Crippen LogP contribution < -0.4 is 10.9 Å². The molecule has 0 aliphatic rings. The van der Waals surface area contributed by atoms with E-state index in [2.05, 4.69) is 0 Å². The zero-order chi connectivity index (χ0) is 10.8. The summed E-state index contributed by atoms with van der Waals surface area (Å²) in [7, 11) is -3.74. The topological polar surface area (TPSA) is 110 Å². The molecule has 0 unspecified atom stereocenters. The normalized spacial score (nSPS) is 10.9. The standard InChI is InChI=1S/C7H7N3O2S2/c8-4-13-7-3-5(14(10,11)12)1-2-6(7)9/h1-3H,9H2,(H2,10,11,12). The highest BCUT2D eigenvalue weighted by molar-refractivity contribution is 8.03. The van der Waals surface area contributed by atoms with Crippen molar-refractivity contribution in [1.29, 1.82) is 5.26 Å². The molecule has 0 heterocycles. The van der Waals surface area contributed by atoms with E-state index < -0.39 is 10.0 Å². The van der Waals surface area contributed by atoms with Crippen molar-refractivity contribution in [2.24, 2.45) is 5.14 Å². The van der Waals surface area contributed by atoms with Gasteiger partial charge in [0, 0.05) is 10.6 Å². The van der Waals surface area contributed by atoms with E-state index in [-0.39, 0.29) is 4.90 Å². The molecule has 1 aromatic carbocycles. The Morgan fingerprint density at radius 1 is 1.43 bits per heavy atom. The molecule has 0 bridgehead atoms. The number of benzene rings is 1. The summed E-state index contributed by atoms with van der Waals surface area (Å²) in [6.07, 6.45) is 0. The predicted molar refractivity (Wildman–Crippen MR) is 53.7 cm³/mol. The summed E-state index contributed by atoms with van der Waals surface area (Å²) in [5, 5.41) is 15.1. The van der Waals surface area contributed by atoms with E-state index in [1.54, 1.807) is 5.40 Å². The van der Waals surface area contributed by atoms with Gasteiger partial charge in [-0.15, -0.1) is 0 Å². The number of sulfonamides is 1. The van der Waals surface area contributed by atoms with Gasteiger partial charge in [-0.3, -0.25) is 0 Å². The minimum atomic E-state index is -3.74. The molecule has 5 nitrogen and oxygen atoms in total. The average Bonchev–Trinajstić information content (AvgIpc) is 2.07. The molecule has 0 spiro atoms. The number of thioether (sulfide) groups is 1. The molecule has 0 aliphatic carbocycles. The van der Waals surface area contributed by atoms with E-state index in [4.69, 9.17) is 16.1 Å². The third kappa shape index (κ3) is 2.38. The zero-order valence-corrected chi connectivity index (χ0v) is 8.60. The molecule has 14 heavy (non-hydrogen) atoms. The van der Waals surface area contributed by atoms with E-state index in [0.29, 0.717) is 10.6 Å². The molecule has 4 N–H and O–H groups in total. The maximum Gasteiger partial charge on any atom is 0.238 e. The van der Waals surface area contributed by atoms with Crippen molar-refractivity contribution in [2.45, 2.75) is 9.79 Å². The number of hydrogen-bond donors (Lipinski definition) is 2. The first-order valence-electron chi connectivity index (χ1n) is 3.43. The minimum absolute atomic E-state index is 0.0514. The van der Waals surface area contributed by atoms with Crippen LogP contribution in [0.5, 0.6) is 0 Å². The van der Waals surface area contributed by atoms with E-state index in [1.807, 2.05) is 0 Å². The van der Waals surface area contributed by atoms with E-state index in [1.165, 1.54) is 18.2 Å². The number of nitrogens with two attached hydrogens (primary N) is 2. The molecule has 0 aromatic heterocycles. The summed E-state index contributed by atoms with van der Waals surface area (Å²) >= 11 is 0.793. The number of rotatable bonds is 2. The fraction of sp³-hybridized carbons (Fsp3) is 0.